The Morgan fingerprint density at radius 3 is 2.83 bits per heavy atom. The number of hydrogen-bond acceptors (Lipinski definition) is 5. The number of hydrogen-bond donors (Lipinski definition) is 1. The number of nitrogens with one attached hydrogen (secondary N) is 1. The summed E-state index contributed by atoms with van der Waals surface area (Å²) in [4.78, 5) is 15.5. The van der Waals surface area contributed by atoms with Gasteiger partial charge in [0.05, 0.1) is 7.11 Å². The average Bonchev–Trinajstić information content (AvgIpc) is 2.67. The van der Waals surface area contributed by atoms with Gasteiger partial charge in [-0.25, -0.2) is 4.98 Å². The molecule has 0 bridgehead atoms. The average molecular weight is 326 g/mol. The van der Waals surface area contributed by atoms with Crippen molar-refractivity contribution in [2.75, 3.05) is 20.2 Å². The fraction of sp³-hybridized carbons (Fsp3) is 0.368. The van der Waals surface area contributed by atoms with Crippen molar-refractivity contribution in [2.24, 2.45) is 0 Å². The Hall–Kier alpha value is -2.40. The van der Waals surface area contributed by atoms with Gasteiger partial charge in [0.15, 0.2) is 0 Å². The third kappa shape index (κ3) is 3.92. The third-order valence-electron chi connectivity index (χ3n) is 4.33. The Morgan fingerprint density at radius 1 is 1.25 bits per heavy atom. The largest absolute Gasteiger partial charge is 0.496 e. The van der Waals surface area contributed by atoms with E-state index in [1.165, 1.54) is 0 Å². The van der Waals surface area contributed by atoms with Crippen LogP contribution in [0.15, 0.2) is 36.4 Å². The first kappa shape index (κ1) is 16.5. The Morgan fingerprint density at radius 2 is 2.08 bits per heavy atom. The van der Waals surface area contributed by atoms with Gasteiger partial charge < -0.3 is 14.8 Å². The molecule has 0 saturated carbocycles. The van der Waals surface area contributed by atoms with Crippen molar-refractivity contribution < 1.29 is 14.3 Å². The maximum absolute atomic E-state index is 10.9. The van der Waals surface area contributed by atoms with Crippen molar-refractivity contribution in [3.8, 4) is 11.6 Å². The summed E-state index contributed by atoms with van der Waals surface area (Å²) in [7, 11) is 1.59. The summed E-state index contributed by atoms with van der Waals surface area (Å²) in [6.45, 7) is 2.43. The van der Waals surface area contributed by atoms with E-state index in [4.69, 9.17) is 9.47 Å². The second-order valence-corrected chi connectivity index (χ2v) is 5.90. The molecule has 1 aromatic heterocycles. The molecule has 1 fully saturated rings. The number of carbonyl (C=O) groups is 1. The van der Waals surface area contributed by atoms with Crippen LogP contribution in [0.2, 0.25) is 0 Å². The lowest BCUT2D eigenvalue weighted by Gasteiger charge is -2.22. The summed E-state index contributed by atoms with van der Waals surface area (Å²) in [6.07, 6.45) is 3.02. The number of ether oxygens (including phenoxy) is 2. The molecule has 0 radical (unpaired) electrons. The molecule has 0 aliphatic carbocycles. The van der Waals surface area contributed by atoms with Crippen molar-refractivity contribution in [3.63, 3.8) is 0 Å². The van der Waals surface area contributed by atoms with Gasteiger partial charge in [0, 0.05) is 28.8 Å². The normalized spacial score (nSPS) is 15.0. The minimum Gasteiger partial charge on any atom is -0.496 e. The molecule has 5 nitrogen and oxygen atoms in total. The van der Waals surface area contributed by atoms with Gasteiger partial charge in [0.1, 0.15) is 18.6 Å². The Bertz CT molecular complexity index is 697. The number of nitrogens with zero attached hydrogens (tertiary/aromatic N) is 1. The van der Waals surface area contributed by atoms with Gasteiger partial charge in [-0.05, 0) is 38.1 Å². The highest BCUT2D eigenvalue weighted by molar-refractivity contribution is 5.75. The minimum atomic E-state index is 0.352. The van der Waals surface area contributed by atoms with Crippen LogP contribution in [-0.2, 0) is 6.61 Å². The number of benzene rings is 1. The van der Waals surface area contributed by atoms with E-state index in [2.05, 4.69) is 16.4 Å². The first-order chi connectivity index (χ1) is 11.8. The smallest absolute Gasteiger partial charge is 0.213 e. The molecule has 24 heavy (non-hydrogen) atoms. The van der Waals surface area contributed by atoms with Crippen molar-refractivity contribution in [3.05, 3.63) is 53.2 Å². The summed E-state index contributed by atoms with van der Waals surface area (Å²) in [5, 5.41) is 3.37. The number of aromatic nitrogens is 1. The molecule has 0 spiro atoms. The molecule has 2 heterocycles. The number of piperidine rings is 1. The Kier molecular flexibility index (Phi) is 5.43. The number of pyridine rings is 1. The molecule has 0 atom stereocenters. The first-order valence-electron chi connectivity index (χ1n) is 8.22. The summed E-state index contributed by atoms with van der Waals surface area (Å²) in [5.41, 5.74) is 2.57. The summed E-state index contributed by atoms with van der Waals surface area (Å²) >= 11 is 0. The van der Waals surface area contributed by atoms with E-state index in [1.54, 1.807) is 19.2 Å². The first-order valence-corrected chi connectivity index (χ1v) is 8.22. The van der Waals surface area contributed by atoms with Gasteiger partial charge in [-0.1, -0.05) is 18.2 Å². The molecule has 1 aromatic carbocycles. The number of aldehydes is 1. The van der Waals surface area contributed by atoms with Gasteiger partial charge in [-0.15, -0.1) is 0 Å². The van der Waals surface area contributed by atoms with Gasteiger partial charge in [0.2, 0.25) is 5.88 Å². The van der Waals surface area contributed by atoms with E-state index < -0.39 is 0 Å². The number of carbonyl (C=O) groups excluding carboxylic acids is 1. The standard InChI is InChI=1S/C19H22N2O3/c1-23-18-11-14(12-22)5-6-16(18)13-24-19-4-2-3-17(21-19)15-7-9-20-10-8-15/h2-6,11-12,15,20H,7-10,13H2,1H3. The maximum Gasteiger partial charge on any atom is 0.213 e. The van der Waals surface area contributed by atoms with Crippen LogP contribution in [-0.4, -0.2) is 31.5 Å². The van der Waals surface area contributed by atoms with Crippen LogP contribution in [0.1, 0.15) is 40.4 Å². The van der Waals surface area contributed by atoms with E-state index in [0.717, 1.165) is 43.5 Å². The molecule has 0 unspecified atom stereocenters. The monoisotopic (exact) mass is 326 g/mol. The lowest BCUT2D eigenvalue weighted by molar-refractivity contribution is 0.112. The quantitative estimate of drug-likeness (QED) is 0.827. The maximum atomic E-state index is 10.9. The van der Waals surface area contributed by atoms with Crippen LogP contribution in [0, 0.1) is 0 Å². The van der Waals surface area contributed by atoms with E-state index in [9.17, 15) is 4.79 Å². The molecule has 126 valence electrons. The summed E-state index contributed by atoms with van der Waals surface area (Å²) in [5.74, 6) is 1.76. The molecule has 1 aliphatic heterocycles. The second kappa shape index (κ2) is 7.93. The lowest BCUT2D eigenvalue weighted by atomic mass is 9.94. The summed E-state index contributed by atoms with van der Waals surface area (Å²) in [6, 6.07) is 11.3. The van der Waals surface area contributed by atoms with E-state index in [-0.39, 0.29) is 0 Å². The molecule has 1 saturated heterocycles. The van der Waals surface area contributed by atoms with E-state index in [0.29, 0.717) is 29.7 Å². The third-order valence-corrected chi connectivity index (χ3v) is 4.33. The van der Waals surface area contributed by atoms with Gasteiger partial charge in [0.25, 0.3) is 0 Å². The zero-order valence-corrected chi connectivity index (χ0v) is 13.8. The van der Waals surface area contributed by atoms with Crippen molar-refractivity contribution in [1.82, 2.24) is 10.3 Å². The fourth-order valence-corrected chi connectivity index (χ4v) is 2.96. The van der Waals surface area contributed by atoms with Crippen LogP contribution < -0.4 is 14.8 Å². The zero-order valence-electron chi connectivity index (χ0n) is 13.8. The molecule has 5 heteroatoms. The van der Waals surface area contributed by atoms with Crippen LogP contribution in [0.25, 0.3) is 0 Å². The van der Waals surface area contributed by atoms with Gasteiger partial charge in [-0.2, -0.15) is 0 Å². The molecule has 0 amide bonds. The van der Waals surface area contributed by atoms with Crippen LogP contribution >= 0.6 is 0 Å². The summed E-state index contributed by atoms with van der Waals surface area (Å²) < 4.78 is 11.2. The lowest BCUT2D eigenvalue weighted by Crippen LogP contribution is -2.27. The molecular weight excluding hydrogens is 304 g/mol. The van der Waals surface area contributed by atoms with Gasteiger partial charge in [-0.3, -0.25) is 4.79 Å². The topological polar surface area (TPSA) is 60.5 Å². The van der Waals surface area contributed by atoms with Gasteiger partial charge >= 0.3 is 0 Å². The Labute approximate surface area is 142 Å². The van der Waals surface area contributed by atoms with Crippen LogP contribution in [0.4, 0.5) is 0 Å². The molecule has 1 N–H and O–H groups in total. The van der Waals surface area contributed by atoms with Crippen LogP contribution in [0.5, 0.6) is 11.6 Å². The minimum absolute atomic E-state index is 0.352. The number of methoxy groups -OCH3 is 1. The highest BCUT2D eigenvalue weighted by atomic mass is 16.5. The Balaban J connectivity index is 1.69. The van der Waals surface area contributed by atoms with E-state index >= 15 is 0 Å². The molecule has 1 aliphatic rings. The molecule has 3 rings (SSSR count). The van der Waals surface area contributed by atoms with Crippen molar-refractivity contribution in [2.45, 2.75) is 25.4 Å². The predicted octanol–water partition coefficient (Wildman–Crippen LogP) is 2.95. The fourth-order valence-electron chi connectivity index (χ4n) is 2.96. The van der Waals surface area contributed by atoms with Crippen molar-refractivity contribution in [1.29, 1.82) is 0 Å². The van der Waals surface area contributed by atoms with Crippen LogP contribution in [0.3, 0.4) is 0 Å². The SMILES string of the molecule is COc1cc(C=O)ccc1COc1cccc(C2CCNCC2)n1. The highest BCUT2D eigenvalue weighted by Gasteiger charge is 2.17. The molecule has 2 aromatic rings. The highest BCUT2D eigenvalue weighted by Crippen LogP contribution is 2.26. The number of rotatable bonds is 6. The zero-order chi connectivity index (χ0) is 16.8. The predicted molar refractivity (Wildman–Crippen MR) is 91.8 cm³/mol. The van der Waals surface area contributed by atoms with Crippen molar-refractivity contribution >= 4 is 6.29 Å². The van der Waals surface area contributed by atoms with E-state index in [1.807, 2.05) is 18.2 Å². The molecular formula is C19H22N2O3. The second-order valence-electron chi connectivity index (χ2n) is 5.90.